The molecule has 1 aromatic carbocycles. The fraction of sp³-hybridized carbons (Fsp3) is 0.500. The maximum absolute atomic E-state index is 12.9. The number of benzene rings is 1. The van der Waals surface area contributed by atoms with Gasteiger partial charge >= 0.3 is 0 Å². The topological polar surface area (TPSA) is 37.7 Å². The van der Waals surface area contributed by atoms with Crippen LogP contribution in [0.4, 0.5) is 0 Å². The van der Waals surface area contributed by atoms with Crippen LogP contribution in [-0.4, -0.2) is 53.1 Å². The average molecular weight is 367 g/mol. The second kappa shape index (κ2) is 8.17. The van der Waals surface area contributed by atoms with Gasteiger partial charge < -0.3 is 14.2 Å². The number of piperidine rings is 1. The highest BCUT2D eigenvalue weighted by Gasteiger charge is 2.36. The highest BCUT2D eigenvalue weighted by molar-refractivity contribution is 5.76. The van der Waals surface area contributed by atoms with E-state index < -0.39 is 0 Å². The highest BCUT2D eigenvalue weighted by atomic mass is 16.5. The van der Waals surface area contributed by atoms with E-state index in [2.05, 4.69) is 26.5 Å². The van der Waals surface area contributed by atoms with Gasteiger partial charge in [0, 0.05) is 57.6 Å². The van der Waals surface area contributed by atoms with Gasteiger partial charge in [-0.1, -0.05) is 12.1 Å². The molecule has 3 saturated heterocycles. The SMILES string of the molecule is COc1ccc(CN2C[C@H]3CC[C@@H](C2)N(C(=O)CCn2cccc2)C3)cc1. The van der Waals surface area contributed by atoms with Gasteiger partial charge in [0.05, 0.1) is 7.11 Å². The van der Waals surface area contributed by atoms with Crippen LogP contribution in [-0.2, 0) is 17.9 Å². The maximum Gasteiger partial charge on any atom is 0.224 e. The molecule has 4 heterocycles. The largest absolute Gasteiger partial charge is 0.497 e. The summed E-state index contributed by atoms with van der Waals surface area (Å²) in [5, 5.41) is 0. The highest BCUT2D eigenvalue weighted by Crippen LogP contribution is 2.29. The smallest absolute Gasteiger partial charge is 0.224 e. The van der Waals surface area contributed by atoms with Crippen molar-refractivity contribution in [3.05, 3.63) is 54.4 Å². The van der Waals surface area contributed by atoms with Crippen LogP contribution >= 0.6 is 0 Å². The number of carbonyl (C=O) groups excluding carboxylic acids is 1. The Morgan fingerprint density at radius 1 is 1.07 bits per heavy atom. The van der Waals surface area contributed by atoms with Crippen molar-refractivity contribution in [1.29, 1.82) is 0 Å². The Morgan fingerprint density at radius 3 is 2.59 bits per heavy atom. The van der Waals surface area contributed by atoms with Crippen molar-refractivity contribution >= 4 is 5.91 Å². The fourth-order valence-corrected chi connectivity index (χ4v) is 4.49. The predicted octanol–water partition coefficient (Wildman–Crippen LogP) is 3.01. The van der Waals surface area contributed by atoms with Crippen LogP contribution < -0.4 is 4.74 Å². The van der Waals surface area contributed by atoms with Gasteiger partial charge in [0.15, 0.2) is 0 Å². The number of rotatable bonds is 6. The number of amides is 1. The number of carbonyl (C=O) groups is 1. The molecule has 3 fully saturated rings. The van der Waals surface area contributed by atoms with Crippen molar-refractivity contribution in [2.75, 3.05) is 26.7 Å². The van der Waals surface area contributed by atoms with Gasteiger partial charge in [-0.25, -0.2) is 0 Å². The van der Waals surface area contributed by atoms with Gasteiger partial charge in [0.2, 0.25) is 5.91 Å². The molecule has 0 aliphatic carbocycles. The lowest BCUT2D eigenvalue weighted by molar-refractivity contribution is -0.135. The van der Waals surface area contributed by atoms with Crippen molar-refractivity contribution in [2.45, 2.75) is 38.4 Å². The van der Waals surface area contributed by atoms with Crippen LogP contribution in [0, 0.1) is 5.92 Å². The van der Waals surface area contributed by atoms with E-state index in [9.17, 15) is 4.79 Å². The first-order valence-corrected chi connectivity index (χ1v) is 9.97. The minimum absolute atomic E-state index is 0.310. The first-order valence-electron chi connectivity index (χ1n) is 9.97. The van der Waals surface area contributed by atoms with Gasteiger partial charge in [-0.3, -0.25) is 9.69 Å². The van der Waals surface area contributed by atoms with Crippen LogP contribution in [0.25, 0.3) is 0 Å². The van der Waals surface area contributed by atoms with E-state index in [1.807, 2.05) is 36.7 Å². The first-order chi connectivity index (χ1) is 13.2. The summed E-state index contributed by atoms with van der Waals surface area (Å²) < 4.78 is 7.34. The number of aryl methyl sites for hydroxylation is 1. The molecule has 27 heavy (non-hydrogen) atoms. The summed E-state index contributed by atoms with van der Waals surface area (Å²) in [7, 11) is 1.70. The molecular weight excluding hydrogens is 338 g/mol. The molecule has 0 N–H and O–H groups in total. The van der Waals surface area contributed by atoms with Crippen LogP contribution in [0.15, 0.2) is 48.8 Å². The third-order valence-electron chi connectivity index (χ3n) is 5.92. The number of hydrogen-bond donors (Lipinski definition) is 0. The van der Waals surface area contributed by atoms with Crippen LogP contribution in [0.5, 0.6) is 5.75 Å². The Hall–Kier alpha value is -2.27. The summed E-state index contributed by atoms with van der Waals surface area (Å²) in [6.07, 6.45) is 7.03. The van der Waals surface area contributed by atoms with Crippen molar-refractivity contribution in [3.8, 4) is 5.75 Å². The number of fused-ring (bicyclic) bond motifs is 4. The molecular formula is C22H29N3O2. The molecule has 0 unspecified atom stereocenters. The van der Waals surface area contributed by atoms with E-state index >= 15 is 0 Å². The van der Waals surface area contributed by atoms with E-state index in [4.69, 9.17) is 4.74 Å². The summed E-state index contributed by atoms with van der Waals surface area (Å²) >= 11 is 0. The van der Waals surface area contributed by atoms with Crippen LogP contribution in [0.2, 0.25) is 0 Å². The summed E-state index contributed by atoms with van der Waals surface area (Å²) in [4.78, 5) is 17.6. The zero-order valence-electron chi connectivity index (χ0n) is 16.1. The lowest BCUT2D eigenvalue weighted by atomic mass is 9.94. The lowest BCUT2D eigenvalue weighted by Crippen LogP contribution is -2.47. The normalized spacial score (nSPS) is 22.6. The molecule has 2 aromatic rings. The summed E-state index contributed by atoms with van der Waals surface area (Å²) in [5.41, 5.74) is 1.31. The Labute approximate surface area is 161 Å². The molecule has 144 valence electrons. The first kappa shape index (κ1) is 18.1. The summed E-state index contributed by atoms with van der Waals surface area (Å²) in [6, 6.07) is 12.7. The zero-order chi connectivity index (χ0) is 18.6. The van der Waals surface area contributed by atoms with Crippen LogP contribution in [0.3, 0.4) is 0 Å². The Bertz CT molecular complexity index is 741. The standard InChI is InChI=1S/C22H29N3O2/c1-27-21-8-5-18(6-9-21)14-24-15-19-4-7-20(17-24)25(16-19)22(26)10-13-23-11-2-3-12-23/h2-3,5-6,8-9,11-12,19-20H,4,7,10,13-17H2,1H3/t19-,20+/m1/s1. The number of ether oxygens (including phenoxy) is 1. The Morgan fingerprint density at radius 2 is 1.85 bits per heavy atom. The molecule has 1 aromatic heterocycles. The van der Waals surface area contributed by atoms with Crippen molar-refractivity contribution in [3.63, 3.8) is 0 Å². The molecule has 3 aliphatic heterocycles. The van der Waals surface area contributed by atoms with Crippen LogP contribution in [0.1, 0.15) is 24.8 Å². The van der Waals surface area contributed by atoms with Gasteiger partial charge in [-0.15, -0.1) is 0 Å². The molecule has 0 radical (unpaired) electrons. The predicted molar refractivity (Wildman–Crippen MR) is 106 cm³/mol. The van der Waals surface area contributed by atoms with Gasteiger partial charge in [-0.2, -0.15) is 0 Å². The molecule has 0 spiro atoms. The minimum atomic E-state index is 0.310. The Kier molecular flexibility index (Phi) is 5.48. The van der Waals surface area contributed by atoms with Gasteiger partial charge in [-0.05, 0) is 48.6 Å². The summed E-state index contributed by atoms with van der Waals surface area (Å²) in [6.45, 7) is 4.72. The number of hydrogen-bond acceptors (Lipinski definition) is 3. The molecule has 5 rings (SSSR count). The molecule has 2 atom stereocenters. The quantitative estimate of drug-likeness (QED) is 0.788. The third-order valence-corrected chi connectivity index (χ3v) is 5.92. The molecule has 0 saturated carbocycles. The molecule has 1 amide bonds. The van der Waals surface area contributed by atoms with E-state index in [0.29, 0.717) is 24.3 Å². The van der Waals surface area contributed by atoms with Crippen molar-refractivity contribution < 1.29 is 9.53 Å². The van der Waals surface area contributed by atoms with Gasteiger partial charge in [0.25, 0.3) is 0 Å². The van der Waals surface area contributed by atoms with E-state index in [1.165, 1.54) is 12.0 Å². The number of methoxy groups -OCH3 is 1. The summed E-state index contributed by atoms with van der Waals surface area (Å²) in [5.74, 6) is 1.80. The van der Waals surface area contributed by atoms with Crippen molar-refractivity contribution in [1.82, 2.24) is 14.4 Å². The second-order valence-electron chi connectivity index (χ2n) is 7.86. The number of aromatic nitrogens is 1. The zero-order valence-corrected chi connectivity index (χ0v) is 16.1. The van der Waals surface area contributed by atoms with E-state index in [-0.39, 0.29) is 0 Å². The average Bonchev–Trinajstić information content (AvgIpc) is 3.07. The van der Waals surface area contributed by atoms with E-state index in [1.54, 1.807) is 7.11 Å². The monoisotopic (exact) mass is 367 g/mol. The van der Waals surface area contributed by atoms with E-state index in [0.717, 1.165) is 44.9 Å². The fourth-order valence-electron chi connectivity index (χ4n) is 4.49. The molecule has 3 aliphatic rings. The Balaban J connectivity index is 1.36. The lowest BCUT2D eigenvalue weighted by Gasteiger charge is -2.36. The molecule has 2 bridgehead atoms. The molecule has 5 nitrogen and oxygen atoms in total. The minimum Gasteiger partial charge on any atom is -0.497 e. The third kappa shape index (κ3) is 4.35. The van der Waals surface area contributed by atoms with Gasteiger partial charge in [0.1, 0.15) is 5.75 Å². The number of nitrogens with zero attached hydrogens (tertiary/aromatic N) is 3. The second-order valence-corrected chi connectivity index (χ2v) is 7.86. The molecule has 5 heteroatoms. The maximum atomic E-state index is 12.9. The van der Waals surface area contributed by atoms with Crippen molar-refractivity contribution in [2.24, 2.45) is 5.92 Å².